The Morgan fingerprint density at radius 3 is 2.61 bits per heavy atom. The number of H-pyrrole nitrogens is 1. The van der Waals surface area contributed by atoms with E-state index in [-0.39, 0.29) is 11.4 Å². The highest BCUT2D eigenvalue weighted by atomic mass is 35.5. The Morgan fingerprint density at radius 2 is 2.06 bits per heavy atom. The van der Waals surface area contributed by atoms with Crippen LogP contribution in [0.15, 0.2) is 24.4 Å². The fourth-order valence-corrected chi connectivity index (χ4v) is 1.74. The molecule has 8 heteroatoms. The second-order valence-corrected chi connectivity index (χ2v) is 4.08. The van der Waals surface area contributed by atoms with Crippen LogP contribution >= 0.6 is 23.2 Å². The van der Waals surface area contributed by atoms with Gasteiger partial charge in [0.05, 0.1) is 0 Å². The van der Waals surface area contributed by atoms with Crippen molar-refractivity contribution in [1.82, 2.24) is 20.6 Å². The van der Waals surface area contributed by atoms with E-state index < -0.39 is 0 Å². The molecule has 0 fully saturated rings. The molecule has 6 nitrogen and oxygen atoms in total. The number of aromatic nitrogens is 4. The molecule has 1 aromatic carbocycles. The third-order valence-electron chi connectivity index (χ3n) is 1.95. The van der Waals surface area contributed by atoms with E-state index in [9.17, 15) is 0 Å². The van der Waals surface area contributed by atoms with Crippen molar-refractivity contribution in [3.8, 4) is 6.07 Å². The maximum absolute atomic E-state index is 8.95. The van der Waals surface area contributed by atoms with Crippen molar-refractivity contribution in [2.75, 3.05) is 5.32 Å². The smallest absolute Gasteiger partial charge is 0.216 e. The molecule has 0 unspecified atom stereocenters. The molecule has 90 valence electrons. The monoisotopic (exact) mass is 280 g/mol. The molecule has 0 radical (unpaired) electrons. The summed E-state index contributed by atoms with van der Waals surface area (Å²) >= 11 is 11.7. The largest absolute Gasteiger partial charge is 0.360 e. The summed E-state index contributed by atoms with van der Waals surface area (Å²) in [4.78, 5) is 0. The summed E-state index contributed by atoms with van der Waals surface area (Å²) in [5.41, 5.74) is 0.892. The fraction of sp³-hybridized carbons (Fsp3) is 0. The first-order valence-electron chi connectivity index (χ1n) is 4.76. The number of aromatic amines is 1. The molecule has 0 aliphatic rings. The van der Waals surface area contributed by atoms with E-state index in [0.29, 0.717) is 15.7 Å². The van der Waals surface area contributed by atoms with Crippen LogP contribution in [0.3, 0.4) is 0 Å². The molecule has 0 amide bonds. The van der Waals surface area contributed by atoms with Crippen molar-refractivity contribution in [3.63, 3.8) is 0 Å². The number of nitrogens with zero attached hydrogens (tertiary/aromatic N) is 4. The summed E-state index contributed by atoms with van der Waals surface area (Å²) in [7, 11) is 0. The zero-order valence-corrected chi connectivity index (χ0v) is 10.4. The molecule has 1 heterocycles. The molecule has 0 saturated carbocycles. The van der Waals surface area contributed by atoms with Crippen molar-refractivity contribution in [1.29, 1.82) is 5.26 Å². The van der Waals surface area contributed by atoms with Crippen LogP contribution in [0, 0.1) is 11.3 Å². The zero-order chi connectivity index (χ0) is 13.0. The molecular weight excluding hydrogens is 275 g/mol. The Hall–Kier alpha value is -2.10. The quantitative estimate of drug-likeness (QED) is 0.843. The van der Waals surface area contributed by atoms with Gasteiger partial charge in [0, 0.05) is 21.9 Å². The first kappa shape index (κ1) is 12.4. The van der Waals surface area contributed by atoms with Crippen LogP contribution < -0.4 is 5.32 Å². The van der Waals surface area contributed by atoms with Crippen molar-refractivity contribution in [3.05, 3.63) is 40.3 Å². The van der Waals surface area contributed by atoms with Gasteiger partial charge in [0.15, 0.2) is 0 Å². The number of allylic oxidation sites excluding steroid dienone is 1. The Bertz CT molecular complexity index is 594. The first-order valence-corrected chi connectivity index (χ1v) is 5.51. The predicted molar refractivity (Wildman–Crippen MR) is 67.9 cm³/mol. The summed E-state index contributed by atoms with van der Waals surface area (Å²) in [6.07, 6.45) is 1.45. The SMILES string of the molecule is N#CC(=CNc1cc(Cl)cc(Cl)c1)c1nn[nH]n1. The van der Waals surface area contributed by atoms with Gasteiger partial charge in [0.2, 0.25) is 5.82 Å². The van der Waals surface area contributed by atoms with Gasteiger partial charge in [-0.25, -0.2) is 0 Å². The molecule has 0 bridgehead atoms. The second-order valence-electron chi connectivity index (χ2n) is 3.21. The van der Waals surface area contributed by atoms with E-state index in [1.165, 1.54) is 6.20 Å². The predicted octanol–water partition coefficient (Wildman–Crippen LogP) is 2.48. The number of benzene rings is 1. The lowest BCUT2D eigenvalue weighted by molar-refractivity contribution is 0.881. The van der Waals surface area contributed by atoms with Gasteiger partial charge < -0.3 is 5.32 Å². The standard InChI is InChI=1S/C10H6Cl2N6/c11-7-1-8(12)3-9(2-7)14-5-6(4-13)10-15-17-18-16-10/h1-3,5,14H,(H,15,16,17,18). The molecule has 0 spiro atoms. The van der Waals surface area contributed by atoms with Crippen molar-refractivity contribution < 1.29 is 0 Å². The number of halogens is 2. The number of hydrogen-bond donors (Lipinski definition) is 2. The lowest BCUT2D eigenvalue weighted by atomic mass is 10.3. The summed E-state index contributed by atoms with van der Waals surface area (Å²) in [6.45, 7) is 0. The van der Waals surface area contributed by atoms with Gasteiger partial charge in [-0.15, -0.1) is 10.2 Å². The second kappa shape index (κ2) is 5.49. The summed E-state index contributed by atoms with van der Waals surface area (Å²) in [5.74, 6) is 0.207. The van der Waals surface area contributed by atoms with Gasteiger partial charge in [0.1, 0.15) is 11.6 Å². The van der Waals surface area contributed by atoms with E-state index in [1.54, 1.807) is 18.2 Å². The van der Waals surface area contributed by atoms with Crippen LogP contribution in [0.5, 0.6) is 0 Å². The molecule has 1 aromatic heterocycles. The van der Waals surface area contributed by atoms with E-state index >= 15 is 0 Å². The average Bonchev–Trinajstić information content (AvgIpc) is 2.82. The minimum Gasteiger partial charge on any atom is -0.360 e. The molecule has 0 atom stereocenters. The Morgan fingerprint density at radius 1 is 1.33 bits per heavy atom. The summed E-state index contributed by atoms with van der Waals surface area (Å²) < 4.78 is 0. The van der Waals surface area contributed by atoms with Crippen LogP contribution in [0.4, 0.5) is 5.69 Å². The summed E-state index contributed by atoms with van der Waals surface area (Å²) in [6, 6.07) is 6.92. The minimum absolute atomic E-state index is 0.207. The van der Waals surface area contributed by atoms with E-state index in [1.807, 2.05) is 6.07 Å². The Kier molecular flexibility index (Phi) is 3.77. The Balaban J connectivity index is 2.21. The maximum Gasteiger partial charge on any atom is 0.216 e. The highest BCUT2D eigenvalue weighted by Gasteiger charge is 2.05. The number of anilines is 1. The molecule has 0 aliphatic carbocycles. The topological polar surface area (TPSA) is 90.3 Å². The van der Waals surface area contributed by atoms with Gasteiger partial charge in [-0.1, -0.05) is 23.2 Å². The zero-order valence-electron chi connectivity index (χ0n) is 8.85. The van der Waals surface area contributed by atoms with Crippen molar-refractivity contribution in [2.45, 2.75) is 0 Å². The number of tetrazole rings is 1. The van der Waals surface area contributed by atoms with Gasteiger partial charge in [-0.2, -0.15) is 10.5 Å². The average molecular weight is 281 g/mol. The van der Waals surface area contributed by atoms with Gasteiger partial charge >= 0.3 is 0 Å². The molecule has 0 aliphatic heterocycles. The van der Waals surface area contributed by atoms with Gasteiger partial charge in [0.25, 0.3) is 0 Å². The van der Waals surface area contributed by atoms with Gasteiger partial charge in [-0.05, 0) is 23.4 Å². The highest BCUT2D eigenvalue weighted by molar-refractivity contribution is 6.35. The molecular formula is C10H6Cl2N6. The first-order chi connectivity index (χ1) is 8.69. The highest BCUT2D eigenvalue weighted by Crippen LogP contribution is 2.22. The fourth-order valence-electron chi connectivity index (χ4n) is 1.22. The van der Waals surface area contributed by atoms with Crippen LogP contribution in [0.25, 0.3) is 5.57 Å². The van der Waals surface area contributed by atoms with Crippen LogP contribution in [0.1, 0.15) is 5.82 Å². The van der Waals surface area contributed by atoms with Crippen molar-refractivity contribution in [2.24, 2.45) is 0 Å². The molecule has 2 aromatic rings. The number of rotatable bonds is 3. The van der Waals surface area contributed by atoms with E-state index in [2.05, 4.69) is 25.9 Å². The number of nitrogens with one attached hydrogen (secondary N) is 2. The Labute approximate surface area is 112 Å². The van der Waals surface area contributed by atoms with Crippen LogP contribution in [-0.2, 0) is 0 Å². The third kappa shape index (κ3) is 2.97. The lowest BCUT2D eigenvalue weighted by Gasteiger charge is -2.02. The van der Waals surface area contributed by atoms with Crippen LogP contribution in [0.2, 0.25) is 10.0 Å². The lowest BCUT2D eigenvalue weighted by Crippen LogP contribution is -1.93. The molecule has 2 N–H and O–H groups in total. The molecule has 0 saturated heterocycles. The summed E-state index contributed by atoms with van der Waals surface area (Å²) in [5, 5.41) is 25.9. The van der Waals surface area contributed by atoms with Gasteiger partial charge in [-0.3, -0.25) is 0 Å². The van der Waals surface area contributed by atoms with Crippen molar-refractivity contribution >= 4 is 34.5 Å². The normalized spacial score (nSPS) is 11.1. The number of hydrogen-bond acceptors (Lipinski definition) is 5. The van der Waals surface area contributed by atoms with E-state index in [0.717, 1.165) is 0 Å². The minimum atomic E-state index is 0.207. The third-order valence-corrected chi connectivity index (χ3v) is 2.39. The molecule has 18 heavy (non-hydrogen) atoms. The van der Waals surface area contributed by atoms with Crippen LogP contribution in [-0.4, -0.2) is 20.6 Å². The molecule has 2 rings (SSSR count). The maximum atomic E-state index is 8.95. The number of nitriles is 1. The van der Waals surface area contributed by atoms with E-state index in [4.69, 9.17) is 28.5 Å².